The second-order valence-corrected chi connectivity index (χ2v) is 1.57. The molecule has 1 rings (SSSR count). The van der Waals surface area contributed by atoms with Crippen LogP contribution < -0.4 is 0 Å². The van der Waals surface area contributed by atoms with Gasteiger partial charge in [0.15, 0.2) is 0 Å². The van der Waals surface area contributed by atoms with Crippen LogP contribution in [0, 0.1) is 0 Å². The Labute approximate surface area is 48.1 Å². The Balaban J connectivity index is 2.51. The SMILES string of the molecule is OCC1=CCOC=C1. The molecule has 1 aliphatic rings. The molecule has 0 aromatic heterocycles. The smallest absolute Gasteiger partial charge is 0.106 e. The molecular formula is C6H8O2. The summed E-state index contributed by atoms with van der Waals surface area (Å²) in [6, 6.07) is 0. The van der Waals surface area contributed by atoms with Crippen molar-refractivity contribution in [3.8, 4) is 0 Å². The predicted molar refractivity (Wildman–Crippen MR) is 30.3 cm³/mol. The third-order valence-electron chi connectivity index (χ3n) is 1.00. The van der Waals surface area contributed by atoms with Crippen LogP contribution in [0.5, 0.6) is 0 Å². The van der Waals surface area contributed by atoms with E-state index in [1.807, 2.05) is 6.08 Å². The van der Waals surface area contributed by atoms with Gasteiger partial charge in [-0.05, 0) is 17.7 Å². The van der Waals surface area contributed by atoms with Gasteiger partial charge in [0.1, 0.15) is 6.61 Å². The van der Waals surface area contributed by atoms with Crippen LogP contribution in [0.1, 0.15) is 0 Å². The van der Waals surface area contributed by atoms with Gasteiger partial charge in [-0.15, -0.1) is 0 Å². The van der Waals surface area contributed by atoms with Crippen LogP contribution in [0.15, 0.2) is 24.0 Å². The van der Waals surface area contributed by atoms with Crippen molar-refractivity contribution < 1.29 is 9.84 Å². The van der Waals surface area contributed by atoms with Crippen LogP contribution in [-0.2, 0) is 4.74 Å². The number of aliphatic hydroxyl groups is 1. The molecule has 44 valence electrons. The summed E-state index contributed by atoms with van der Waals surface area (Å²) < 4.78 is 4.83. The highest BCUT2D eigenvalue weighted by Gasteiger charge is 1.92. The lowest BCUT2D eigenvalue weighted by molar-refractivity contribution is 0.276. The second kappa shape index (κ2) is 2.52. The zero-order valence-electron chi connectivity index (χ0n) is 4.50. The lowest BCUT2D eigenvalue weighted by Gasteiger charge is -2.03. The molecular weight excluding hydrogens is 104 g/mol. The molecule has 8 heavy (non-hydrogen) atoms. The predicted octanol–water partition coefficient (Wildman–Crippen LogP) is 0.449. The van der Waals surface area contributed by atoms with Crippen molar-refractivity contribution in [3.63, 3.8) is 0 Å². The highest BCUT2D eigenvalue weighted by Crippen LogP contribution is 2.00. The molecule has 0 bridgehead atoms. The van der Waals surface area contributed by atoms with Gasteiger partial charge in [0, 0.05) is 0 Å². The van der Waals surface area contributed by atoms with Crippen LogP contribution in [0.4, 0.5) is 0 Å². The third-order valence-corrected chi connectivity index (χ3v) is 1.00. The average Bonchev–Trinajstić information content (AvgIpc) is 1.90. The number of ether oxygens (including phenoxy) is 1. The molecule has 1 aliphatic heterocycles. The Bertz CT molecular complexity index is 124. The standard InChI is InChI=1S/C6H8O2/c7-5-6-1-3-8-4-2-6/h1-3,7H,4-5H2. The minimum Gasteiger partial charge on any atom is -0.497 e. The molecule has 0 unspecified atom stereocenters. The fraction of sp³-hybridized carbons (Fsp3) is 0.333. The Kier molecular flexibility index (Phi) is 1.70. The van der Waals surface area contributed by atoms with Crippen LogP contribution in [0.25, 0.3) is 0 Å². The lowest BCUT2D eigenvalue weighted by Crippen LogP contribution is -1.95. The van der Waals surface area contributed by atoms with Gasteiger partial charge in [-0.25, -0.2) is 0 Å². The van der Waals surface area contributed by atoms with Gasteiger partial charge < -0.3 is 9.84 Å². The topological polar surface area (TPSA) is 29.5 Å². The van der Waals surface area contributed by atoms with E-state index in [1.165, 1.54) is 0 Å². The summed E-state index contributed by atoms with van der Waals surface area (Å²) in [5.74, 6) is 0. The van der Waals surface area contributed by atoms with E-state index in [0.717, 1.165) is 5.57 Å². The zero-order valence-corrected chi connectivity index (χ0v) is 4.50. The van der Waals surface area contributed by atoms with Gasteiger partial charge in [-0.2, -0.15) is 0 Å². The highest BCUT2D eigenvalue weighted by atomic mass is 16.5. The molecule has 0 radical (unpaired) electrons. The van der Waals surface area contributed by atoms with E-state index in [4.69, 9.17) is 9.84 Å². The zero-order chi connectivity index (χ0) is 5.82. The molecule has 0 fully saturated rings. The fourth-order valence-electron chi connectivity index (χ4n) is 0.532. The highest BCUT2D eigenvalue weighted by molar-refractivity contribution is 5.19. The van der Waals surface area contributed by atoms with Crippen LogP contribution in [-0.4, -0.2) is 18.3 Å². The number of hydrogen-bond donors (Lipinski definition) is 1. The maximum atomic E-state index is 8.52. The Morgan fingerprint density at radius 2 is 2.62 bits per heavy atom. The molecule has 1 N–H and O–H groups in total. The first-order chi connectivity index (χ1) is 3.93. The maximum absolute atomic E-state index is 8.52. The van der Waals surface area contributed by atoms with Crippen molar-refractivity contribution in [2.45, 2.75) is 0 Å². The largest absolute Gasteiger partial charge is 0.497 e. The van der Waals surface area contributed by atoms with Crippen molar-refractivity contribution in [1.82, 2.24) is 0 Å². The summed E-state index contributed by atoms with van der Waals surface area (Å²) in [6.07, 6.45) is 5.19. The molecule has 0 aromatic carbocycles. The summed E-state index contributed by atoms with van der Waals surface area (Å²) in [5.41, 5.74) is 0.927. The molecule has 0 saturated carbocycles. The van der Waals surface area contributed by atoms with E-state index < -0.39 is 0 Å². The third kappa shape index (κ3) is 1.10. The molecule has 0 amide bonds. The Morgan fingerprint density at radius 1 is 1.75 bits per heavy atom. The lowest BCUT2D eigenvalue weighted by atomic mass is 10.2. The van der Waals surface area contributed by atoms with Crippen molar-refractivity contribution in [2.75, 3.05) is 13.2 Å². The summed E-state index contributed by atoms with van der Waals surface area (Å²) >= 11 is 0. The van der Waals surface area contributed by atoms with Crippen LogP contribution in [0.3, 0.4) is 0 Å². The first kappa shape index (κ1) is 5.38. The monoisotopic (exact) mass is 112 g/mol. The summed E-state index contributed by atoms with van der Waals surface area (Å²) in [4.78, 5) is 0. The van der Waals surface area contributed by atoms with Gasteiger partial charge in [0.05, 0.1) is 12.9 Å². The average molecular weight is 112 g/mol. The van der Waals surface area contributed by atoms with Crippen LogP contribution >= 0.6 is 0 Å². The fourth-order valence-corrected chi connectivity index (χ4v) is 0.532. The maximum Gasteiger partial charge on any atom is 0.106 e. The molecule has 2 heteroatoms. The van der Waals surface area contributed by atoms with Gasteiger partial charge in [0.25, 0.3) is 0 Å². The summed E-state index contributed by atoms with van der Waals surface area (Å²) in [7, 11) is 0. The first-order valence-electron chi connectivity index (χ1n) is 2.51. The van der Waals surface area contributed by atoms with E-state index >= 15 is 0 Å². The first-order valence-corrected chi connectivity index (χ1v) is 2.51. The molecule has 0 aliphatic carbocycles. The van der Waals surface area contributed by atoms with Crippen molar-refractivity contribution in [3.05, 3.63) is 24.0 Å². The number of rotatable bonds is 1. The van der Waals surface area contributed by atoms with E-state index in [0.29, 0.717) is 6.61 Å². The second-order valence-electron chi connectivity index (χ2n) is 1.57. The summed E-state index contributed by atoms with van der Waals surface area (Å²) in [6.45, 7) is 0.701. The Morgan fingerprint density at radius 3 is 3.00 bits per heavy atom. The Hall–Kier alpha value is -0.760. The van der Waals surface area contributed by atoms with Crippen LogP contribution in [0.2, 0.25) is 0 Å². The quantitative estimate of drug-likeness (QED) is 0.533. The minimum atomic E-state index is 0.111. The minimum absolute atomic E-state index is 0.111. The molecule has 1 heterocycles. The van der Waals surface area contributed by atoms with Gasteiger partial charge in [-0.3, -0.25) is 0 Å². The van der Waals surface area contributed by atoms with Crippen molar-refractivity contribution in [1.29, 1.82) is 0 Å². The molecule has 2 nitrogen and oxygen atoms in total. The van der Waals surface area contributed by atoms with Gasteiger partial charge >= 0.3 is 0 Å². The van der Waals surface area contributed by atoms with Gasteiger partial charge in [0.2, 0.25) is 0 Å². The van der Waals surface area contributed by atoms with Gasteiger partial charge in [-0.1, -0.05) is 0 Å². The van der Waals surface area contributed by atoms with E-state index in [-0.39, 0.29) is 6.61 Å². The number of hydrogen-bond acceptors (Lipinski definition) is 2. The van der Waals surface area contributed by atoms with E-state index in [1.54, 1.807) is 12.3 Å². The van der Waals surface area contributed by atoms with E-state index in [9.17, 15) is 0 Å². The molecule has 0 saturated heterocycles. The summed E-state index contributed by atoms with van der Waals surface area (Å²) in [5, 5.41) is 8.52. The number of aliphatic hydroxyl groups excluding tert-OH is 1. The molecule has 0 spiro atoms. The molecule has 0 atom stereocenters. The van der Waals surface area contributed by atoms with E-state index in [2.05, 4.69) is 0 Å². The van der Waals surface area contributed by atoms with Crippen molar-refractivity contribution >= 4 is 0 Å². The molecule has 0 aromatic rings. The van der Waals surface area contributed by atoms with Crippen molar-refractivity contribution in [2.24, 2.45) is 0 Å². The normalized spacial score (nSPS) is 17.4.